The molecule has 122 valence electrons. The number of carboxylic acid groups (broad SMARTS) is 1. The third kappa shape index (κ3) is 2.86. The van der Waals surface area contributed by atoms with Gasteiger partial charge >= 0.3 is 5.97 Å². The maximum atomic E-state index is 12.6. The SMILES string of the molecule is Cc1ccccc1N[C@H]1CC(=O)N(c2ccc(C(=O)O)cc2)C1=O. The van der Waals surface area contributed by atoms with Gasteiger partial charge in [0.25, 0.3) is 5.91 Å². The van der Waals surface area contributed by atoms with Crippen LogP contribution in [0.5, 0.6) is 0 Å². The number of nitrogens with one attached hydrogen (secondary N) is 1. The Bertz CT molecular complexity index is 814. The van der Waals surface area contributed by atoms with Crippen LogP contribution < -0.4 is 10.2 Å². The number of amides is 2. The van der Waals surface area contributed by atoms with Gasteiger partial charge in [-0.2, -0.15) is 0 Å². The van der Waals surface area contributed by atoms with E-state index in [-0.39, 0.29) is 23.8 Å². The van der Waals surface area contributed by atoms with Crippen molar-refractivity contribution in [2.24, 2.45) is 0 Å². The number of nitrogens with zero attached hydrogens (tertiary/aromatic N) is 1. The number of hydrogen-bond acceptors (Lipinski definition) is 4. The fraction of sp³-hybridized carbons (Fsp3) is 0.167. The molecule has 0 aliphatic carbocycles. The first-order valence-electron chi connectivity index (χ1n) is 7.49. The number of imide groups is 1. The predicted molar refractivity (Wildman–Crippen MR) is 89.1 cm³/mol. The lowest BCUT2D eigenvalue weighted by Gasteiger charge is -2.17. The quantitative estimate of drug-likeness (QED) is 0.844. The second kappa shape index (κ2) is 6.16. The number of anilines is 2. The van der Waals surface area contributed by atoms with Gasteiger partial charge in [0, 0.05) is 5.69 Å². The van der Waals surface area contributed by atoms with Gasteiger partial charge in [-0.25, -0.2) is 9.69 Å². The molecule has 0 bridgehead atoms. The molecule has 0 saturated carbocycles. The third-order valence-electron chi connectivity index (χ3n) is 3.99. The molecule has 0 radical (unpaired) electrons. The Kier molecular flexibility index (Phi) is 4.04. The number of rotatable bonds is 4. The lowest BCUT2D eigenvalue weighted by Crippen LogP contribution is -2.34. The summed E-state index contributed by atoms with van der Waals surface area (Å²) in [4.78, 5) is 36.8. The van der Waals surface area contributed by atoms with E-state index in [4.69, 9.17) is 5.11 Å². The minimum Gasteiger partial charge on any atom is -0.478 e. The Labute approximate surface area is 138 Å². The summed E-state index contributed by atoms with van der Waals surface area (Å²) in [5.74, 6) is -1.71. The molecule has 6 heteroatoms. The normalized spacial score (nSPS) is 17.2. The first-order chi connectivity index (χ1) is 11.5. The van der Waals surface area contributed by atoms with Crippen LogP contribution in [0.25, 0.3) is 0 Å². The van der Waals surface area contributed by atoms with Gasteiger partial charge in [0.05, 0.1) is 17.7 Å². The van der Waals surface area contributed by atoms with Crippen molar-refractivity contribution in [2.45, 2.75) is 19.4 Å². The van der Waals surface area contributed by atoms with E-state index in [1.54, 1.807) is 0 Å². The van der Waals surface area contributed by atoms with E-state index in [2.05, 4.69) is 5.32 Å². The van der Waals surface area contributed by atoms with Crippen LogP contribution in [-0.2, 0) is 9.59 Å². The minimum atomic E-state index is -1.06. The highest BCUT2D eigenvalue weighted by atomic mass is 16.4. The number of carbonyl (C=O) groups is 3. The van der Waals surface area contributed by atoms with Gasteiger partial charge in [-0.3, -0.25) is 9.59 Å². The molecule has 0 spiro atoms. The molecule has 0 aromatic heterocycles. The monoisotopic (exact) mass is 324 g/mol. The first-order valence-corrected chi connectivity index (χ1v) is 7.49. The predicted octanol–water partition coefficient (Wildman–Crippen LogP) is 2.44. The molecule has 0 unspecified atom stereocenters. The summed E-state index contributed by atoms with van der Waals surface area (Å²) in [5.41, 5.74) is 2.28. The molecule has 24 heavy (non-hydrogen) atoms. The van der Waals surface area contributed by atoms with Crippen molar-refractivity contribution < 1.29 is 19.5 Å². The number of para-hydroxylation sites is 1. The maximum Gasteiger partial charge on any atom is 0.335 e. The summed E-state index contributed by atoms with van der Waals surface area (Å²) in [5, 5.41) is 12.0. The third-order valence-corrected chi connectivity index (χ3v) is 3.99. The molecule has 1 atom stereocenters. The Morgan fingerprint density at radius 3 is 2.42 bits per heavy atom. The van der Waals surface area contributed by atoms with Crippen LogP contribution in [0, 0.1) is 6.92 Å². The molecule has 1 fully saturated rings. The van der Waals surface area contributed by atoms with Gasteiger partial charge in [-0.1, -0.05) is 18.2 Å². The van der Waals surface area contributed by atoms with Gasteiger partial charge in [0.1, 0.15) is 6.04 Å². The molecular weight excluding hydrogens is 308 g/mol. The van der Waals surface area contributed by atoms with Gasteiger partial charge in [0.2, 0.25) is 5.91 Å². The Hall–Kier alpha value is -3.15. The van der Waals surface area contributed by atoms with Crippen molar-refractivity contribution in [2.75, 3.05) is 10.2 Å². The molecule has 1 heterocycles. The minimum absolute atomic E-state index is 0.0633. The van der Waals surface area contributed by atoms with E-state index in [0.29, 0.717) is 5.69 Å². The maximum absolute atomic E-state index is 12.6. The number of carboxylic acids is 1. The zero-order valence-corrected chi connectivity index (χ0v) is 13.0. The summed E-state index contributed by atoms with van der Waals surface area (Å²) < 4.78 is 0. The lowest BCUT2D eigenvalue weighted by atomic mass is 10.1. The van der Waals surface area contributed by atoms with Gasteiger partial charge in [0.15, 0.2) is 0 Å². The van der Waals surface area contributed by atoms with E-state index in [1.807, 2.05) is 31.2 Å². The lowest BCUT2D eigenvalue weighted by molar-refractivity contribution is -0.121. The summed E-state index contributed by atoms with van der Waals surface area (Å²) in [6.45, 7) is 1.92. The fourth-order valence-electron chi connectivity index (χ4n) is 2.69. The molecule has 3 rings (SSSR count). The number of aromatic carboxylic acids is 1. The van der Waals surface area contributed by atoms with Gasteiger partial charge < -0.3 is 10.4 Å². The average Bonchev–Trinajstić information content (AvgIpc) is 2.84. The van der Waals surface area contributed by atoms with Gasteiger partial charge in [-0.05, 0) is 42.8 Å². The van der Waals surface area contributed by atoms with Crippen molar-refractivity contribution in [3.8, 4) is 0 Å². The molecule has 6 nitrogen and oxygen atoms in total. The Morgan fingerprint density at radius 2 is 1.79 bits per heavy atom. The second-order valence-electron chi connectivity index (χ2n) is 5.64. The van der Waals surface area contributed by atoms with Crippen LogP contribution in [0.15, 0.2) is 48.5 Å². The van der Waals surface area contributed by atoms with Crippen molar-refractivity contribution in [3.05, 3.63) is 59.7 Å². The highest BCUT2D eigenvalue weighted by Crippen LogP contribution is 2.26. The molecule has 2 aromatic carbocycles. The fourth-order valence-corrected chi connectivity index (χ4v) is 2.69. The standard InChI is InChI=1S/C18H16N2O4/c1-11-4-2-3-5-14(11)19-15-10-16(21)20(17(15)22)13-8-6-12(7-9-13)18(23)24/h2-9,15,19H,10H2,1H3,(H,23,24)/t15-/m0/s1. The smallest absolute Gasteiger partial charge is 0.335 e. The average molecular weight is 324 g/mol. The van der Waals surface area contributed by atoms with E-state index >= 15 is 0 Å². The molecular formula is C18H16N2O4. The zero-order valence-electron chi connectivity index (χ0n) is 13.0. The Balaban J connectivity index is 1.81. The summed E-state index contributed by atoms with van der Waals surface area (Å²) >= 11 is 0. The van der Waals surface area contributed by atoms with Crippen LogP contribution >= 0.6 is 0 Å². The van der Waals surface area contributed by atoms with Gasteiger partial charge in [-0.15, -0.1) is 0 Å². The molecule has 2 N–H and O–H groups in total. The molecule has 1 aliphatic heterocycles. The van der Waals surface area contributed by atoms with Crippen LogP contribution in [-0.4, -0.2) is 28.9 Å². The van der Waals surface area contributed by atoms with Crippen LogP contribution in [0.4, 0.5) is 11.4 Å². The molecule has 1 saturated heterocycles. The Morgan fingerprint density at radius 1 is 1.12 bits per heavy atom. The van der Waals surface area contributed by atoms with Crippen LogP contribution in [0.1, 0.15) is 22.3 Å². The van der Waals surface area contributed by atoms with E-state index in [9.17, 15) is 14.4 Å². The molecule has 2 amide bonds. The first kappa shape index (κ1) is 15.7. The number of aryl methyl sites for hydroxylation is 1. The summed E-state index contributed by atoms with van der Waals surface area (Å²) in [6, 6.07) is 12.6. The number of benzene rings is 2. The largest absolute Gasteiger partial charge is 0.478 e. The highest BCUT2D eigenvalue weighted by Gasteiger charge is 2.39. The van der Waals surface area contributed by atoms with E-state index in [0.717, 1.165) is 16.2 Å². The second-order valence-corrected chi connectivity index (χ2v) is 5.64. The number of hydrogen-bond donors (Lipinski definition) is 2. The van der Waals surface area contributed by atoms with E-state index < -0.39 is 12.0 Å². The van der Waals surface area contributed by atoms with Crippen molar-refractivity contribution in [1.82, 2.24) is 0 Å². The van der Waals surface area contributed by atoms with Crippen molar-refractivity contribution in [3.63, 3.8) is 0 Å². The summed E-state index contributed by atoms with van der Waals surface area (Å²) in [6.07, 6.45) is 0.0633. The number of carbonyl (C=O) groups excluding carboxylic acids is 2. The summed E-state index contributed by atoms with van der Waals surface area (Å²) in [7, 11) is 0. The highest BCUT2D eigenvalue weighted by molar-refractivity contribution is 6.23. The molecule has 1 aliphatic rings. The van der Waals surface area contributed by atoms with Crippen LogP contribution in [0.2, 0.25) is 0 Å². The molecule has 2 aromatic rings. The van der Waals surface area contributed by atoms with E-state index in [1.165, 1.54) is 24.3 Å². The topological polar surface area (TPSA) is 86.7 Å². The zero-order chi connectivity index (χ0) is 17.3. The van der Waals surface area contributed by atoms with Crippen molar-refractivity contribution >= 4 is 29.2 Å². The van der Waals surface area contributed by atoms with Crippen LogP contribution in [0.3, 0.4) is 0 Å². The van der Waals surface area contributed by atoms with Crippen molar-refractivity contribution in [1.29, 1.82) is 0 Å².